The maximum Gasteiger partial charge on any atom is 0.232 e. The molecule has 1 aromatic heterocycles. The zero-order chi connectivity index (χ0) is 12.9. The highest BCUT2D eigenvalue weighted by atomic mass is 79.9. The first kappa shape index (κ1) is 14.2. The standard InChI is InChI=1S/C9H14BrN3O3S/c1-3-17(14,15)5-4-11-9-12-6-7(10)8(13-9)16-2/h6H,3-5H2,1-2H3,(H,11,12,13). The number of halogens is 1. The molecule has 0 bridgehead atoms. The van der Waals surface area contributed by atoms with E-state index < -0.39 is 9.84 Å². The average molecular weight is 324 g/mol. The van der Waals surface area contributed by atoms with E-state index in [1.807, 2.05) is 0 Å². The summed E-state index contributed by atoms with van der Waals surface area (Å²) < 4.78 is 28.2. The van der Waals surface area contributed by atoms with Crippen LogP contribution in [0.5, 0.6) is 5.88 Å². The fraction of sp³-hybridized carbons (Fsp3) is 0.556. The van der Waals surface area contributed by atoms with Crippen molar-refractivity contribution < 1.29 is 13.2 Å². The molecule has 6 nitrogen and oxygen atoms in total. The highest BCUT2D eigenvalue weighted by molar-refractivity contribution is 9.10. The normalized spacial score (nSPS) is 11.2. The molecule has 1 heterocycles. The van der Waals surface area contributed by atoms with Crippen molar-refractivity contribution in [1.29, 1.82) is 0 Å². The lowest BCUT2D eigenvalue weighted by Gasteiger charge is -2.07. The molecule has 0 atom stereocenters. The summed E-state index contributed by atoms with van der Waals surface area (Å²) in [5.74, 6) is 0.946. The third-order valence-electron chi connectivity index (χ3n) is 2.04. The van der Waals surface area contributed by atoms with Gasteiger partial charge in [-0.15, -0.1) is 0 Å². The van der Waals surface area contributed by atoms with Crippen LogP contribution < -0.4 is 10.1 Å². The van der Waals surface area contributed by atoms with Crippen LogP contribution in [0, 0.1) is 0 Å². The molecule has 0 saturated carbocycles. The number of nitrogens with zero attached hydrogens (tertiary/aromatic N) is 2. The van der Waals surface area contributed by atoms with Crippen molar-refractivity contribution in [2.75, 3.05) is 30.5 Å². The highest BCUT2D eigenvalue weighted by Crippen LogP contribution is 2.21. The lowest BCUT2D eigenvalue weighted by Crippen LogP contribution is -2.18. The van der Waals surface area contributed by atoms with E-state index in [1.165, 1.54) is 7.11 Å². The summed E-state index contributed by atoms with van der Waals surface area (Å²) in [6.45, 7) is 1.90. The summed E-state index contributed by atoms with van der Waals surface area (Å²) in [7, 11) is -1.47. The van der Waals surface area contributed by atoms with Crippen molar-refractivity contribution in [2.45, 2.75) is 6.92 Å². The molecule has 0 aliphatic rings. The van der Waals surface area contributed by atoms with Gasteiger partial charge in [0.05, 0.1) is 23.5 Å². The Labute approximate surface area is 109 Å². The van der Waals surface area contributed by atoms with Crippen molar-refractivity contribution in [3.8, 4) is 5.88 Å². The number of anilines is 1. The van der Waals surface area contributed by atoms with Gasteiger partial charge in [-0.1, -0.05) is 6.92 Å². The van der Waals surface area contributed by atoms with Gasteiger partial charge in [0.15, 0.2) is 9.84 Å². The molecule has 17 heavy (non-hydrogen) atoms. The molecule has 0 aliphatic carbocycles. The van der Waals surface area contributed by atoms with Gasteiger partial charge >= 0.3 is 0 Å². The molecule has 0 amide bonds. The van der Waals surface area contributed by atoms with Crippen LogP contribution in [0.15, 0.2) is 10.7 Å². The van der Waals surface area contributed by atoms with Gasteiger partial charge in [-0.3, -0.25) is 0 Å². The number of hydrogen-bond donors (Lipinski definition) is 1. The first-order chi connectivity index (χ1) is 7.98. The van der Waals surface area contributed by atoms with E-state index in [2.05, 4.69) is 31.2 Å². The van der Waals surface area contributed by atoms with Crippen molar-refractivity contribution in [3.05, 3.63) is 10.7 Å². The van der Waals surface area contributed by atoms with E-state index >= 15 is 0 Å². The summed E-state index contributed by atoms with van der Waals surface area (Å²) >= 11 is 3.23. The van der Waals surface area contributed by atoms with Gasteiger partial charge in [-0.05, 0) is 15.9 Å². The smallest absolute Gasteiger partial charge is 0.232 e. The minimum atomic E-state index is -2.97. The molecule has 1 rings (SSSR count). The molecule has 0 unspecified atom stereocenters. The summed E-state index contributed by atoms with van der Waals surface area (Å²) in [5.41, 5.74) is 0. The van der Waals surface area contributed by atoms with Crippen molar-refractivity contribution in [1.82, 2.24) is 9.97 Å². The van der Waals surface area contributed by atoms with Crippen LogP contribution in [0.4, 0.5) is 5.95 Å². The molecule has 1 aromatic rings. The van der Waals surface area contributed by atoms with Gasteiger partial charge in [0.25, 0.3) is 0 Å². The Bertz CT molecular complexity index is 478. The minimum absolute atomic E-state index is 0.0608. The number of nitrogens with one attached hydrogen (secondary N) is 1. The molecule has 0 fully saturated rings. The molecule has 0 aromatic carbocycles. The Hall–Kier alpha value is -0.890. The molecule has 8 heteroatoms. The Morgan fingerprint density at radius 1 is 1.53 bits per heavy atom. The van der Waals surface area contributed by atoms with E-state index in [0.29, 0.717) is 16.3 Å². The van der Waals surface area contributed by atoms with Crippen LogP contribution in [0.25, 0.3) is 0 Å². The fourth-order valence-corrected chi connectivity index (χ4v) is 2.10. The summed E-state index contributed by atoms with van der Waals surface area (Å²) in [6.07, 6.45) is 1.54. The maximum absolute atomic E-state index is 11.3. The second-order valence-electron chi connectivity index (χ2n) is 3.21. The van der Waals surface area contributed by atoms with Crippen molar-refractivity contribution in [2.24, 2.45) is 0 Å². The number of rotatable bonds is 6. The first-order valence-corrected chi connectivity index (χ1v) is 7.60. The van der Waals surface area contributed by atoms with Crippen LogP contribution >= 0.6 is 15.9 Å². The van der Waals surface area contributed by atoms with Gasteiger partial charge in [0.2, 0.25) is 11.8 Å². The third kappa shape index (κ3) is 4.47. The predicted molar refractivity (Wildman–Crippen MR) is 69.1 cm³/mol. The number of methoxy groups -OCH3 is 1. The summed E-state index contributed by atoms with van der Waals surface area (Å²) in [4.78, 5) is 8.04. The van der Waals surface area contributed by atoms with E-state index in [1.54, 1.807) is 13.1 Å². The lowest BCUT2D eigenvalue weighted by molar-refractivity contribution is 0.394. The highest BCUT2D eigenvalue weighted by Gasteiger charge is 2.08. The molecule has 0 spiro atoms. The maximum atomic E-state index is 11.3. The SMILES string of the molecule is CCS(=O)(=O)CCNc1ncc(Br)c(OC)n1. The third-order valence-corrected chi connectivity index (χ3v) is 4.29. The number of aromatic nitrogens is 2. The molecule has 0 aliphatic heterocycles. The Morgan fingerprint density at radius 3 is 2.82 bits per heavy atom. The van der Waals surface area contributed by atoms with Crippen molar-refractivity contribution >= 4 is 31.7 Å². The Kier molecular flexibility index (Phi) is 5.13. The molecule has 96 valence electrons. The van der Waals surface area contributed by atoms with Crippen molar-refractivity contribution in [3.63, 3.8) is 0 Å². The number of ether oxygens (including phenoxy) is 1. The quantitative estimate of drug-likeness (QED) is 0.844. The van der Waals surface area contributed by atoms with Crippen LogP contribution in [-0.2, 0) is 9.84 Å². The van der Waals surface area contributed by atoms with Gasteiger partial charge in [0.1, 0.15) is 0 Å². The predicted octanol–water partition coefficient (Wildman–Crippen LogP) is 1.09. The number of hydrogen-bond acceptors (Lipinski definition) is 6. The average Bonchev–Trinajstić information content (AvgIpc) is 2.31. The lowest BCUT2D eigenvalue weighted by atomic mass is 10.6. The van der Waals surface area contributed by atoms with Crippen LogP contribution in [0.1, 0.15) is 6.92 Å². The van der Waals surface area contributed by atoms with E-state index in [-0.39, 0.29) is 18.1 Å². The van der Waals surface area contributed by atoms with Crippen LogP contribution in [-0.4, -0.2) is 43.5 Å². The largest absolute Gasteiger partial charge is 0.480 e. The first-order valence-electron chi connectivity index (χ1n) is 4.99. The molecular formula is C9H14BrN3O3S. The molecule has 0 radical (unpaired) electrons. The van der Waals surface area contributed by atoms with Gasteiger partial charge in [-0.2, -0.15) is 4.98 Å². The van der Waals surface area contributed by atoms with Gasteiger partial charge in [0, 0.05) is 12.3 Å². The Morgan fingerprint density at radius 2 is 2.24 bits per heavy atom. The minimum Gasteiger partial charge on any atom is -0.480 e. The second-order valence-corrected chi connectivity index (χ2v) is 6.54. The van der Waals surface area contributed by atoms with Gasteiger partial charge < -0.3 is 10.1 Å². The fourth-order valence-electron chi connectivity index (χ4n) is 1.04. The molecular weight excluding hydrogens is 310 g/mol. The zero-order valence-corrected chi connectivity index (χ0v) is 12.0. The number of sulfone groups is 1. The molecule has 0 saturated heterocycles. The zero-order valence-electron chi connectivity index (χ0n) is 9.60. The summed E-state index contributed by atoms with van der Waals surface area (Å²) in [5, 5.41) is 2.83. The van der Waals surface area contributed by atoms with Gasteiger partial charge in [-0.25, -0.2) is 13.4 Å². The van der Waals surface area contributed by atoms with E-state index in [9.17, 15) is 8.42 Å². The van der Waals surface area contributed by atoms with Crippen LogP contribution in [0.3, 0.4) is 0 Å². The van der Waals surface area contributed by atoms with Crippen LogP contribution in [0.2, 0.25) is 0 Å². The van der Waals surface area contributed by atoms with E-state index in [0.717, 1.165) is 0 Å². The topological polar surface area (TPSA) is 81.2 Å². The monoisotopic (exact) mass is 323 g/mol. The molecule has 1 N–H and O–H groups in total. The van der Waals surface area contributed by atoms with E-state index in [4.69, 9.17) is 4.74 Å². The summed E-state index contributed by atoms with van der Waals surface area (Å²) in [6, 6.07) is 0. The Balaban J connectivity index is 2.58. The second kappa shape index (κ2) is 6.15.